The summed E-state index contributed by atoms with van der Waals surface area (Å²) in [6.07, 6.45) is 5.08. The van der Waals surface area contributed by atoms with Gasteiger partial charge in [-0.2, -0.15) is 0 Å². The second-order valence-electron chi connectivity index (χ2n) is 8.17. The Kier molecular flexibility index (Phi) is 8.59. The fraction of sp³-hybridized carbons (Fsp3) is 0.185. The summed E-state index contributed by atoms with van der Waals surface area (Å²) in [6.45, 7) is 0. The summed E-state index contributed by atoms with van der Waals surface area (Å²) in [5.74, 6) is -1.22. The molecule has 194 valence electrons. The minimum Gasteiger partial charge on any atom is -0.465 e. The van der Waals surface area contributed by atoms with Crippen molar-refractivity contribution in [1.29, 1.82) is 0 Å². The Bertz CT molecular complexity index is 1510. The maximum Gasteiger partial charge on any atom is 0.338 e. The van der Waals surface area contributed by atoms with E-state index in [0.717, 1.165) is 11.1 Å². The van der Waals surface area contributed by atoms with Crippen molar-refractivity contribution in [3.8, 4) is 0 Å². The first kappa shape index (κ1) is 26.7. The molecular formula is C27H23FN4O5S. The second-order valence-corrected chi connectivity index (χ2v) is 9.14. The number of halogens is 1. The van der Waals surface area contributed by atoms with Gasteiger partial charge in [-0.1, -0.05) is 30.0 Å². The van der Waals surface area contributed by atoms with Crippen LogP contribution >= 0.6 is 11.8 Å². The Morgan fingerprint density at radius 2 is 1.55 bits per heavy atom. The van der Waals surface area contributed by atoms with Gasteiger partial charge in [0.05, 0.1) is 31.0 Å². The number of thioether (sulfide) groups is 1. The van der Waals surface area contributed by atoms with Crippen molar-refractivity contribution >= 4 is 23.7 Å². The lowest BCUT2D eigenvalue weighted by Crippen LogP contribution is -2.20. The zero-order chi connectivity index (χ0) is 27.1. The molecule has 0 aliphatic rings. The molecular weight excluding hydrogens is 511 g/mol. The molecule has 38 heavy (non-hydrogen) atoms. The Labute approximate surface area is 221 Å². The molecule has 0 fully saturated rings. The highest BCUT2D eigenvalue weighted by molar-refractivity contribution is 7.98. The van der Waals surface area contributed by atoms with E-state index in [-0.39, 0.29) is 35.3 Å². The minimum atomic E-state index is -0.691. The number of nitrogens with zero attached hydrogens (tertiary/aromatic N) is 3. The van der Waals surface area contributed by atoms with Gasteiger partial charge in [-0.05, 0) is 41.0 Å². The number of carbonyl (C=O) groups excluding carboxylic acids is 2. The first-order valence-electron chi connectivity index (χ1n) is 11.4. The van der Waals surface area contributed by atoms with Gasteiger partial charge in [-0.15, -0.1) is 0 Å². The highest BCUT2D eigenvalue weighted by atomic mass is 32.2. The number of aromatic amines is 1. The lowest BCUT2D eigenvalue weighted by atomic mass is 9.98. The number of carbonyl (C=O) groups is 2. The summed E-state index contributed by atoms with van der Waals surface area (Å²) in [6, 6.07) is 10.8. The molecule has 0 amide bonds. The number of ether oxygens (including phenoxy) is 2. The van der Waals surface area contributed by atoms with E-state index in [1.54, 1.807) is 30.6 Å². The number of methoxy groups -OCH3 is 2. The SMILES string of the molecule is COC(=O)c1ccc(Cc2nc(SCc3ccc(F)cc3)[nH]c(=O)c2Cc2cncnc2)cc1C(=O)OC. The van der Waals surface area contributed by atoms with Crippen LogP contribution < -0.4 is 5.56 Å². The van der Waals surface area contributed by atoms with Gasteiger partial charge in [0.25, 0.3) is 5.56 Å². The van der Waals surface area contributed by atoms with Crippen LogP contribution in [0.4, 0.5) is 4.39 Å². The van der Waals surface area contributed by atoms with Crippen LogP contribution in [0.5, 0.6) is 0 Å². The van der Waals surface area contributed by atoms with Crippen LogP contribution in [0.1, 0.15) is 48.7 Å². The average molecular weight is 535 g/mol. The first-order valence-corrected chi connectivity index (χ1v) is 12.4. The van der Waals surface area contributed by atoms with E-state index in [1.165, 1.54) is 56.6 Å². The molecule has 1 N–H and O–H groups in total. The Balaban J connectivity index is 1.71. The summed E-state index contributed by atoms with van der Waals surface area (Å²) in [7, 11) is 2.45. The topological polar surface area (TPSA) is 124 Å². The maximum absolute atomic E-state index is 13.2. The van der Waals surface area contributed by atoms with Crippen LogP contribution in [0.2, 0.25) is 0 Å². The Hall–Kier alpha value is -4.38. The maximum atomic E-state index is 13.2. The standard InChI is InChI=1S/C27H23FN4O5S/c1-36-25(34)20-8-5-17(9-21(20)26(35)37-2)11-23-22(10-18-12-29-15-30-13-18)24(33)32-27(31-23)38-14-16-3-6-19(28)7-4-16/h3-9,12-13,15H,10-11,14H2,1-2H3,(H,31,32,33). The smallest absolute Gasteiger partial charge is 0.338 e. The average Bonchev–Trinajstić information content (AvgIpc) is 2.94. The Morgan fingerprint density at radius 1 is 0.895 bits per heavy atom. The van der Waals surface area contributed by atoms with Gasteiger partial charge in [-0.25, -0.2) is 28.9 Å². The van der Waals surface area contributed by atoms with E-state index in [2.05, 4.69) is 15.0 Å². The molecule has 2 heterocycles. The molecule has 2 aromatic carbocycles. The van der Waals surface area contributed by atoms with Crippen LogP contribution in [0.25, 0.3) is 0 Å². The van der Waals surface area contributed by atoms with Crippen LogP contribution in [-0.2, 0) is 28.1 Å². The molecule has 0 saturated carbocycles. The van der Waals surface area contributed by atoms with Crippen LogP contribution in [0, 0.1) is 5.82 Å². The van der Waals surface area contributed by atoms with Gasteiger partial charge in [0.1, 0.15) is 12.1 Å². The molecule has 0 saturated heterocycles. The molecule has 0 radical (unpaired) electrons. The number of rotatable bonds is 9. The quantitative estimate of drug-likeness (QED) is 0.194. The first-order chi connectivity index (χ1) is 18.4. The van der Waals surface area contributed by atoms with Gasteiger partial charge in [0.15, 0.2) is 5.16 Å². The van der Waals surface area contributed by atoms with Crippen molar-refractivity contribution in [3.05, 3.63) is 116 Å². The van der Waals surface area contributed by atoms with Gasteiger partial charge < -0.3 is 14.5 Å². The van der Waals surface area contributed by atoms with Gasteiger partial charge >= 0.3 is 11.9 Å². The third-order valence-electron chi connectivity index (χ3n) is 5.63. The van der Waals surface area contributed by atoms with E-state index < -0.39 is 11.9 Å². The van der Waals surface area contributed by atoms with Gasteiger partial charge in [0.2, 0.25) is 0 Å². The van der Waals surface area contributed by atoms with Crippen LogP contribution in [0.15, 0.2) is 71.1 Å². The number of nitrogens with one attached hydrogen (secondary N) is 1. The molecule has 0 atom stereocenters. The zero-order valence-corrected chi connectivity index (χ0v) is 21.4. The van der Waals surface area contributed by atoms with Crippen molar-refractivity contribution in [2.75, 3.05) is 14.2 Å². The number of H-pyrrole nitrogens is 1. The van der Waals surface area contributed by atoms with Crippen molar-refractivity contribution in [2.45, 2.75) is 23.8 Å². The molecule has 4 rings (SSSR count). The molecule has 0 spiro atoms. The molecule has 0 bridgehead atoms. The minimum absolute atomic E-state index is 0.0469. The largest absolute Gasteiger partial charge is 0.465 e. The van der Waals surface area contributed by atoms with Crippen molar-refractivity contribution in [1.82, 2.24) is 19.9 Å². The number of hydrogen-bond donors (Lipinski definition) is 1. The van der Waals surface area contributed by atoms with E-state index in [4.69, 9.17) is 14.5 Å². The van der Waals surface area contributed by atoms with Crippen molar-refractivity contribution in [2.24, 2.45) is 0 Å². The lowest BCUT2D eigenvalue weighted by molar-refractivity contribution is 0.0555. The van der Waals surface area contributed by atoms with Crippen molar-refractivity contribution in [3.63, 3.8) is 0 Å². The zero-order valence-electron chi connectivity index (χ0n) is 20.6. The number of benzene rings is 2. The summed E-state index contributed by atoms with van der Waals surface area (Å²) in [5, 5.41) is 0.391. The number of esters is 2. The van der Waals surface area contributed by atoms with Gasteiger partial charge in [-0.3, -0.25) is 4.79 Å². The van der Waals surface area contributed by atoms with E-state index in [1.807, 2.05) is 0 Å². The van der Waals surface area contributed by atoms with Crippen LogP contribution in [-0.4, -0.2) is 46.1 Å². The van der Waals surface area contributed by atoms with E-state index >= 15 is 0 Å². The fourth-order valence-electron chi connectivity index (χ4n) is 3.74. The third-order valence-corrected chi connectivity index (χ3v) is 6.57. The second kappa shape index (κ2) is 12.2. The predicted molar refractivity (Wildman–Crippen MR) is 138 cm³/mol. The molecule has 0 unspecified atom stereocenters. The summed E-state index contributed by atoms with van der Waals surface area (Å²) in [4.78, 5) is 53.3. The predicted octanol–water partition coefficient (Wildman–Crippen LogP) is 3.75. The number of hydrogen-bond acceptors (Lipinski definition) is 9. The fourth-order valence-corrected chi connectivity index (χ4v) is 4.57. The highest BCUT2D eigenvalue weighted by Crippen LogP contribution is 2.23. The van der Waals surface area contributed by atoms with Crippen molar-refractivity contribution < 1.29 is 23.5 Å². The number of aromatic nitrogens is 4. The molecule has 2 aromatic heterocycles. The summed E-state index contributed by atoms with van der Waals surface area (Å²) in [5.41, 5.74) is 2.93. The highest BCUT2D eigenvalue weighted by Gasteiger charge is 2.20. The van der Waals surface area contributed by atoms with Crippen LogP contribution in [0.3, 0.4) is 0 Å². The monoisotopic (exact) mass is 534 g/mol. The van der Waals surface area contributed by atoms with E-state index in [0.29, 0.717) is 27.7 Å². The summed E-state index contributed by atoms with van der Waals surface area (Å²) >= 11 is 1.31. The summed E-state index contributed by atoms with van der Waals surface area (Å²) < 4.78 is 22.9. The van der Waals surface area contributed by atoms with E-state index in [9.17, 15) is 18.8 Å². The molecule has 0 aliphatic carbocycles. The Morgan fingerprint density at radius 3 is 2.24 bits per heavy atom. The molecule has 11 heteroatoms. The normalized spacial score (nSPS) is 10.7. The molecule has 0 aliphatic heterocycles. The van der Waals surface area contributed by atoms with Gasteiger partial charge in [0, 0.05) is 36.6 Å². The molecule has 4 aromatic rings. The lowest BCUT2D eigenvalue weighted by Gasteiger charge is -2.12. The molecule has 9 nitrogen and oxygen atoms in total. The third kappa shape index (κ3) is 6.48.